The second-order valence-electron chi connectivity index (χ2n) is 5.18. The quantitative estimate of drug-likeness (QED) is 0.621. The van der Waals surface area contributed by atoms with Crippen molar-refractivity contribution in [1.82, 2.24) is 0 Å². The minimum atomic E-state index is -4.59. The molecule has 3 aromatic rings. The molecule has 2 N–H and O–H groups in total. The van der Waals surface area contributed by atoms with Crippen LogP contribution in [-0.4, -0.2) is 0 Å². The van der Waals surface area contributed by atoms with E-state index in [0.29, 0.717) is 11.3 Å². The second-order valence-corrected chi connectivity index (χ2v) is 5.18. The predicted octanol–water partition coefficient (Wildman–Crippen LogP) is 5.75. The van der Waals surface area contributed by atoms with Crippen molar-refractivity contribution >= 4 is 5.69 Å². The van der Waals surface area contributed by atoms with Gasteiger partial charge in [-0.1, -0.05) is 54.6 Å². The molecule has 0 fully saturated rings. The molecule has 0 amide bonds. The highest BCUT2D eigenvalue weighted by molar-refractivity contribution is 5.71. The van der Waals surface area contributed by atoms with E-state index < -0.39 is 11.7 Å². The van der Waals surface area contributed by atoms with Crippen LogP contribution in [0, 0.1) is 0 Å². The van der Waals surface area contributed by atoms with Crippen LogP contribution in [0.25, 0.3) is 11.1 Å². The number of anilines is 1. The Kier molecular flexibility index (Phi) is 4.16. The zero-order valence-corrected chi connectivity index (χ0v) is 12.5. The van der Waals surface area contributed by atoms with E-state index in [2.05, 4.69) is 0 Å². The van der Waals surface area contributed by atoms with Gasteiger partial charge in [0.15, 0.2) is 0 Å². The molecule has 0 aliphatic carbocycles. The third-order valence-corrected chi connectivity index (χ3v) is 3.53. The number of rotatable bonds is 3. The molecule has 3 aromatic carbocycles. The standard InChI is InChI=1S/C19H14F3NO/c20-19(21,22)18-15(23)10-6-12-17(18)24-16-11-5-4-9-14(16)13-7-2-1-3-8-13/h1-12H,23H2. The summed E-state index contributed by atoms with van der Waals surface area (Å²) in [6.07, 6.45) is -4.59. The van der Waals surface area contributed by atoms with Gasteiger partial charge in [0.05, 0.1) is 0 Å². The van der Waals surface area contributed by atoms with Crippen molar-refractivity contribution in [2.45, 2.75) is 6.18 Å². The summed E-state index contributed by atoms with van der Waals surface area (Å²) in [4.78, 5) is 0. The van der Waals surface area contributed by atoms with Crippen LogP contribution < -0.4 is 10.5 Å². The van der Waals surface area contributed by atoms with Gasteiger partial charge in [0.25, 0.3) is 0 Å². The summed E-state index contributed by atoms with van der Waals surface area (Å²) in [7, 11) is 0. The third kappa shape index (κ3) is 3.20. The van der Waals surface area contributed by atoms with Gasteiger partial charge in [-0.2, -0.15) is 13.2 Å². The van der Waals surface area contributed by atoms with Crippen LogP contribution in [0.4, 0.5) is 18.9 Å². The molecule has 0 spiro atoms. The summed E-state index contributed by atoms with van der Waals surface area (Å²) in [6, 6.07) is 20.2. The Bertz CT molecular complexity index is 845. The first-order chi connectivity index (χ1) is 11.5. The van der Waals surface area contributed by atoms with Crippen molar-refractivity contribution < 1.29 is 17.9 Å². The summed E-state index contributed by atoms with van der Waals surface area (Å²) in [5, 5.41) is 0. The Morgan fingerprint density at radius 3 is 2.04 bits per heavy atom. The first-order valence-corrected chi connectivity index (χ1v) is 7.25. The van der Waals surface area contributed by atoms with Gasteiger partial charge in [-0.05, 0) is 23.8 Å². The van der Waals surface area contributed by atoms with E-state index in [4.69, 9.17) is 10.5 Å². The molecule has 0 saturated heterocycles. The molecule has 5 heteroatoms. The average Bonchev–Trinajstić information content (AvgIpc) is 2.55. The fraction of sp³-hybridized carbons (Fsp3) is 0.0526. The van der Waals surface area contributed by atoms with E-state index >= 15 is 0 Å². The van der Waals surface area contributed by atoms with E-state index in [-0.39, 0.29) is 11.4 Å². The Labute approximate surface area is 137 Å². The van der Waals surface area contributed by atoms with Crippen molar-refractivity contribution in [2.24, 2.45) is 0 Å². The number of ether oxygens (including phenoxy) is 1. The number of benzene rings is 3. The van der Waals surface area contributed by atoms with Gasteiger partial charge >= 0.3 is 6.18 Å². The molecular formula is C19H14F3NO. The van der Waals surface area contributed by atoms with Gasteiger partial charge in [0.2, 0.25) is 0 Å². The Balaban J connectivity index is 2.07. The maximum Gasteiger partial charge on any atom is 0.421 e. The first-order valence-electron chi connectivity index (χ1n) is 7.25. The van der Waals surface area contributed by atoms with Crippen molar-refractivity contribution in [1.29, 1.82) is 0 Å². The molecule has 0 aromatic heterocycles. The third-order valence-electron chi connectivity index (χ3n) is 3.53. The lowest BCUT2D eigenvalue weighted by molar-refractivity contribution is -0.137. The largest absolute Gasteiger partial charge is 0.456 e. The number of hydrogen-bond acceptors (Lipinski definition) is 2. The number of nitrogens with two attached hydrogens (primary N) is 1. The summed E-state index contributed by atoms with van der Waals surface area (Å²) < 4.78 is 45.4. The Hall–Kier alpha value is -2.95. The zero-order valence-electron chi connectivity index (χ0n) is 12.5. The zero-order chi connectivity index (χ0) is 17.2. The van der Waals surface area contributed by atoms with Crippen molar-refractivity contribution in [3.8, 4) is 22.6 Å². The van der Waals surface area contributed by atoms with Crippen LogP contribution in [-0.2, 0) is 6.18 Å². The molecule has 24 heavy (non-hydrogen) atoms. The Morgan fingerprint density at radius 2 is 1.33 bits per heavy atom. The van der Waals surface area contributed by atoms with Crippen LogP contribution >= 0.6 is 0 Å². The number of hydrogen-bond donors (Lipinski definition) is 1. The predicted molar refractivity (Wildman–Crippen MR) is 87.8 cm³/mol. The van der Waals surface area contributed by atoms with E-state index in [0.717, 1.165) is 5.56 Å². The van der Waals surface area contributed by atoms with Crippen LogP contribution in [0.1, 0.15) is 5.56 Å². The van der Waals surface area contributed by atoms with Crippen molar-refractivity contribution in [3.05, 3.63) is 78.4 Å². The summed E-state index contributed by atoms with van der Waals surface area (Å²) in [5.41, 5.74) is 5.74. The minimum Gasteiger partial charge on any atom is -0.456 e. The minimum absolute atomic E-state index is 0.314. The van der Waals surface area contributed by atoms with Crippen molar-refractivity contribution in [2.75, 3.05) is 5.73 Å². The van der Waals surface area contributed by atoms with Gasteiger partial charge in [0, 0.05) is 11.3 Å². The molecule has 0 bridgehead atoms. The molecule has 2 nitrogen and oxygen atoms in total. The molecule has 0 radical (unpaired) electrons. The molecule has 3 rings (SSSR count). The topological polar surface area (TPSA) is 35.2 Å². The monoisotopic (exact) mass is 329 g/mol. The maximum absolute atomic E-state index is 13.3. The lowest BCUT2D eigenvalue weighted by Crippen LogP contribution is -2.10. The van der Waals surface area contributed by atoms with Gasteiger partial charge in [-0.3, -0.25) is 0 Å². The highest BCUT2D eigenvalue weighted by atomic mass is 19.4. The molecule has 0 atom stereocenters. The Morgan fingerprint density at radius 1 is 0.708 bits per heavy atom. The smallest absolute Gasteiger partial charge is 0.421 e. The lowest BCUT2D eigenvalue weighted by atomic mass is 10.0. The fourth-order valence-electron chi connectivity index (χ4n) is 2.47. The fourth-order valence-corrected chi connectivity index (χ4v) is 2.47. The summed E-state index contributed by atoms with van der Waals surface area (Å²) >= 11 is 0. The van der Waals surface area contributed by atoms with Crippen LogP contribution in [0.2, 0.25) is 0 Å². The molecule has 0 saturated carbocycles. The molecule has 0 aliphatic heterocycles. The van der Waals surface area contributed by atoms with E-state index in [1.807, 2.05) is 30.3 Å². The van der Waals surface area contributed by atoms with Crippen molar-refractivity contribution in [3.63, 3.8) is 0 Å². The second kappa shape index (κ2) is 6.28. The first kappa shape index (κ1) is 15.9. The summed E-state index contributed by atoms with van der Waals surface area (Å²) in [5.74, 6) is 0.0191. The van der Waals surface area contributed by atoms with Gasteiger partial charge < -0.3 is 10.5 Å². The van der Waals surface area contributed by atoms with Crippen LogP contribution in [0.3, 0.4) is 0 Å². The average molecular weight is 329 g/mol. The van der Waals surface area contributed by atoms with Crippen LogP contribution in [0.15, 0.2) is 72.8 Å². The van der Waals surface area contributed by atoms with E-state index in [1.165, 1.54) is 18.2 Å². The number of nitrogen functional groups attached to an aromatic ring is 1. The lowest BCUT2D eigenvalue weighted by Gasteiger charge is -2.17. The molecule has 0 heterocycles. The van der Waals surface area contributed by atoms with Crippen LogP contribution in [0.5, 0.6) is 11.5 Å². The van der Waals surface area contributed by atoms with E-state index in [9.17, 15) is 13.2 Å². The van der Waals surface area contributed by atoms with Gasteiger partial charge in [-0.15, -0.1) is 0 Å². The normalized spacial score (nSPS) is 11.3. The summed E-state index contributed by atoms with van der Waals surface area (Å²) in [6.45, 7) is 0. The number of halogens is 3. The maximum atomic E-state index is 13.3. The highest BCUT2D eigenvalue weighted by Crippen LogP contribution is 2.43. The molecular weight excluding hydrogens is 315 g/mol. The molecule has 0 unspecified atom stereocenters. The van der Waals surface area contributed by atoms with Gasteiger partial charge in [-0.25, -0.2) is 0 Å². The SMILES string of the molecule is Nc1cccc(Oc2ccccc2-c2ccccc2)c1C(F)(F)F. The molecule has 0 aliphatic rings. The highest BCUT2D eigenvalue weighted by Gasteiger charge is 2.37. The molecule has 122 valence electrons. The number of alkyl halides is 3. The number of para-hydroxylation sites is 1. The van der Waals surface area contributed by atoms with Gasteiger partial charge in [0.1, 0.15) is 17.1 Å². The van der Waals surface area contributed by atoms with E-state index in [1.54, 1.807) is 24.3 Å².